The molecule has 27 heavy (non-hydrogen) atoms. The minimum atomic E-state index is -0.477. The maximum atomic E-state index is 5.91. The van der Waals surface area contributed by atoms with Crippen LogP contribution in [0.25, 0.3) is 11.6 Å². The number of hydrogen-bond acceptors (Lipinski definition) is 2. The first kappa shape index (κ1) is 17.6. The van der Waals surface area contributed by atoms with Gasteiger partial charge in [-0.25, -0.2) is 0 Å². The van der Waals surface area contributed by atoms with Crippen LogP contribution in [-0.2, 0) is 0 Å². The van der Waals surface area contributed by atoms with Gasteiger partial charge in [-0.15, -0.1) is 0 Å². The van der Waals surface area contributed by atoms with Crippen molar-refractivity contribution in [2.24, 2.45) is 5.73 Å². The van der Waals surface area contributed by atoms with E-state index in [1.165, 1.54) is 33.8 Å². The summed E-state index contributed by atoms with van der Waals surface area (Å²) in [5, 5.41) is 0. The molecule has 4 rings (SSSR count). The Morgan fingerprint density at radius 3 is 2.74 bits per heavy atom. The molecule has 0 radical (unpaired) electrons. The highest BCUT2D eigenvalue weighted by Gasteiger charge is 2.30. The van der Waals surface area contributed by atoms with Gasteiger partial charge in [0.2, 0.25) is 0 Å². The molecule has 0 fully saturated rings. The Hall–Kier alpha value is -2.79. The number of rotatable bonds is 6. The first-order valence-corrected chi connectivity index (χ1v) is 9.80. The van der Waals surface area contributed by atoms with Crippen molar-refractivity contribution in [1.82, 2.24) is 4.48 Å². The molecule has 5 heteroatoms. The first-order valence-electron chi connectivity index (χ1n) is 9.80. The van der Waals surface area contributed by atoms with Gasteiger partial charge in [0.15, 0.2) is 11.4 Å². The number of nitrogens with zero attached hydrogens (tertiary/aromatic N) is 2. The van der Waals surface area contributed by atoms with E-state index in [1.54, 1.807) is 0 Å². The number of fused-ring (bicyclic) bond motifs is 2. The molecular formula is C22H26BN3O. The summed E-state index contributed by atoms with van der Waals surface area (Å²) in [4.78, 5) is 0. The molecular weight excluding hydrogens is 333 g/mol. The average Bonchev–Trinajstić information content (AvgIpc) is 3.26. The second-order valence-electron chi connectivity index (χ2n) is 7.22. The molecule has 0 amide bonds. The summed E-state index contributed by atoms with van der Waals surface area (Å²) in [7, 11) is -0.477. The van der Waals surface area contributed by atoms with Gasteiger partial charge in [-0.05, 0) is 68.9 Å². The van der Waals surface area contributed by atoms with Gasteiger partial charge in [0, 0.05) is 29.0 Å². The highest BCUT2D eigenvalue weighted by molar-refractivity contribution is 6.29. The minimum Gasteiger partial charge on any atom is -0.494 e. The summed E-state index contributed by atoms with van der Waals surface area (Å²) < 4.78 is 10.5. The zero-order chi connectivity index (χ0) is 18.8. The number of benzene rings is 1. The van der Waals surface area contributed by atoms with Crippen LogP contribution < -0.4 is 10.5 Å². The third kappa shape index (κ3) is 3.31. The second-order valence-corrected chi connectivity index (χ2v) is 7.22. The molecule has 1 aromatic heterocycles. The molecule has 0 spiro atoms. The Bertz CT molecular complexity index is 977. The van der Waals surface area contributed by atoms with Crippen LogP contribution in [-0.4, -0.2) is 35.4 Å². The van der Waals surface area contributed by atoms with E-state index < -0.39 is 7.55 Å². The SMILES string of the molecule is CCOc1ccc(/C=C/C2=[N+]3[BH2-]n4cccc4C(CCN)=C3C(C)=C2)cc1. The zero-order valence-corrected chi connectivity index (χ0v) is 16.3. The van der Waals surface area contributed by atoms with E-state index in [-0.39, 0.29) is 0 Å². The largest absolute Gasteiger partial charge is 0.494 e. The molecule has 2 aliphatic rings. The summed E-state index contributed by atoms with van der Waals surface area (Å²) in [6.45, 7) is 5.57. The second kappa shape index (κ2) is 7.45. The van der Waals surface area contributed by atoms with Crippen molar-refractivity contribution >= 4 is 24.9 Å². The third-order valence-electron chi connectivity index (χ3n) is 5.45. The van der Waals surface area contributed by atoms with Crippen molar-refractivity contribution in [2.45, 2.75) is 20.3 Å². The fourth-order valence-corrected chi connectivity index (χ4v) is 4.30. The van der Waals surface area contributed by atoms with Gasteiger partial charge in [-0.1, -0.05) is 12.1 Å². The molecule has 0 unspecified atom stereocenters. The monoisotopic (exact) mass is 359 g/mol. The molecule has 0 aliphatic carbocycles. The van der Waals surface area contributed by atoms with Crippen molar-refractivity contribution in [1.29, 1.82) is 0 Å². The molecule has 2 aromatic rings. The van der Waals surface area contributed by atoms with Crippen LogP contribution in [0.4, 0.5) is 0 Å². The lowest BCUT2D eigenvalue weighted by Crippen LogP contribution is -2.31. The molecule has 0 bridgehead atoms. The first-order chi connectivity index (χ1) is 13.2. The Labute approximate surface area is 161 Å². The molecule has 3 heterocycles. The fourth-order valence-electron chi connectivity index (χ4n) is 4.30. The van der Waals surface area contributed by atoms with Gasteiger partial charge in [0.1, 0.15) is 5.75 Å². The van der Waals surface area contributed by atoms with Crippen molar-refractivity contribution in [3.63, 3.8) is 0 Å². The highest BCUT2D eigenvalue weighted by Crippen LogP contribution is 2.33. The topological polar surface area (TPSA) is 43.2 Å². The highest BCUT2D eigenvalue weighted by atomic mass is 16.5. The lowest BCUT2D eigenvalue weighted by atomic mass is 9.93. The molecule has 1 aromatic carbocycles. The van der Waals surface area contributed by atoms with Crippen molar-refractivity contribution < 1.29 is 9.22 Å². The zero-order valence-electron chi connectivity index (χ0n) is 16.3. The number of nitrogens with two attached hydrogens (primary N) is 1. The van der Waals surface area contributed by atoms with E-state index in [2.05, 4.69) is 64.6 Å². The maximum absolute atomic E-state index is 5.91. The normalized spacial score (nSPS) is 16.0. The number of allylic oxidation sites excluding steroid dienone is 3. The lowest BCUT2D eigenvalue weighted by molar-refractivity contribution is -0.314. The van der Waals surface area contributed by atoms with Crippen LogP contribution in [0.2, 0.25) is 0 Å². The Kier molecular flexibility index (Phi) is 4.86. The molecule has 2 aliphatic heterocycles. The van der Waals surface area contributed by atoms with Crippen molar-refractivity contribution in [3.8, 4) is 5.75 Å². The average molecular weight is 359 g/mol. The standard InChI is InChI=1S/C22H26BN3O/c1-3-27-19-10-7-17(8-11-19)6-9-18-15-16(2)22-20(12-13-24)21-5-4-14-25(21)23-26(18)22/h4-11,14-15H,3,12-13,23-24H2,1-2H3/b9-6+. The summed E-state index contributed by atoms with van der Waals surface area (Å²) >= 11 is 0. The molecule has 0 saturated heterocycles. The van der Waals surface area contributed by atoms with E-state index in [0.29, 0.717) is 13.2 Å². The van der Waals surface area contributed by atoms with E-state index in [1.807, 2.05) is 19.1 Å². The van der Waals surface area contributed by atoms with Crippen LogP contribution in [0.1, 0.15) is 31.5 Å². The quantitative estimate of drug-likeness (QED) is 0.806. The van der Waals surface area contributed by atoms with E-state index >= 15 is 0 Å². The van der Waals surface area contributed by atoms with E-state index in [9.17, 15) is 0 Å². The molecule has 4 nitrogen and oxygen atoms in total. The Balaban J connectivity index is 1.68. The van der Waals surface area contributed by atoms with Gasteiger partial charge in [-0.2, -0.15) is 0 Å². The number of ether oxygens (including phenoxy) is 1. The summed E-state index contributed by atoms with van der Waals surface area (Å²) in [6.07, 6.45) is 9.81. The van der Waals surface area contributed by atoms with Crippen LogP contribution in [0, 0.1) is 0 Å². The maximum Gasteiger partial charge on any atom is 0.353 e. The van der Waals surface area contributed by atoms with Gasteiger partial charge in [0.05, 0.1) is 6.61 Å². The molecule has 0 saturated carbocycles. The molecule has 0 atom stereocenters. The predicted molar refractivity (Wildman–Crippen MR) is 115 cm³/mol. The number of hydrogen-bond donors (Lipinski definition) is 1. The van der Waals surface area contributed by atoms with Crippen LogP contribution >= 0.6 is 0 Å². The third-order valence-corrected chi connectivity index (χ3v) is 5.45. The minimum absolute atomic E-state index is 0.477. The van der Waals surface area contributed by atoms with Crippen LogP contribution in [0.3, 0.4) is 0 Å². The molecule has 2 N–H and O–H groups in total. The van der Waals surface area contributed by atoms with Gasteiger partial charge < -0.3 is 19.4 Å². The predicted octanol–water partition coefficient (Wildman–Crippen LogP) is 2.93. The van der Waals surface area contributed by atoms with E-state index in [0.717, 1.165) is 12.2 Å². The fraction of sp³-hybridized carbons (Fsp3) is 0.227. The number of aromatic nitrogens is 1. The van der Waals surface area contributed by atoms with Crippen molar-refractivity contribution in [3.05, 3.63) is 77.3 Å². The summed E-state index contributed by atoms with van der Waals surface area (Å²) in [5.41, 5.74) is 13.8. The Morgan fingerprint density at radius 1 is 1.19 bits per heavy atom. The smallest absolute Gasteiger partial charge is 0.353 e. The Morgan fingerprint density at radius 2 is 2.00 bits per heavy atom. The van der Waals surface area contributed by atoms with Crippen molar-refractivity contribution in [2.75, 3.05) is 13.2 Å². The summed E-state index contributed by atoms with van der Waals surface area (Å²) in [5.74, 6) is 0.915. The van der Waals surface area contributed by atoms with Gasteiger partial charge >= 0.3 is 7.55 Å². The lowest BCUT2D eigenvalue weighted by Gasteiger charge is -2.26. The van der Waals surface area contributed by atoms with E-state index in [4.69, 9.17) is 10.5 Å². The van der Waals surface area contributed by atoms with Gasteiger partial charge in [0.25, 0.3) is 0 Å². The molecule has 138 valence electrons. The van der Waals surface area contributed by atoms with Crippen LogP contribution in [0.5, 0.6) is 5.75 Å². The van der Waals surface area contributed by atoms with Gasteiger partial charge in [-0.3, -0.25) is 0 Å². The summed E-state index contributed by atoms with van der Waals surface area (Å²) in [6, 6.07) is 12.6. The van der Waals surface area contributed by atoms with Crippen LogP contribution in [0.15, 0.2) is 66.0 Å².